The topological polar surface area (TPSA) is 63.4 Å². The zero-order valence-corrected chi connectivity index (χ0v) is 7.25. The van der Waals surface area contributed by atoms with Gasteiger partial charge < -0.3 is 10.6 Å². The molecule has 0 aliphatic heterocycles. The largest absolute Gasteiger partial charge is 0.370 e. The van der Waals surface area contributed by atoms with Crippen molar-refractivity contribution in [2.24, 2.45) is 5.73 Å². The van der Waals surface area contributed by atoms with E-state index in [4.69, 9.17) is 5.73 Å². The fourth-order valence-corrected chi connectivity index (χ4v) is 0.778. The maximum atomic E-state index is 10.9. The monoisotopic (exact) mass is 170 g/mol. The van der Waals surface area contributed by atoms with Crippen molar-refractivity contribution in [3.8, 4) is 0 Å². The van der Waals surface area contributed by atoms with Crippen molar-refractivity contribution in [3.05, 3.63) is 12.7 Å². The molecule has 4 heteroatoms. The maximum Gasteiger partial charge on any atom is 0.219 e. The molecule has 0 bridgehead atoms. The van der Waals surface area contributed by atoms with E-state index in [1.165, 1.54) is 11.8 Å². The lowest BCUT2D eigenvalue weighted by molar-refractivity contribution is -0.128. The first-order valence-corrected chi connectivity index (χ1v) is 3.72. The Morgan fingerprint density at radius 1 is 1.58 bits per heavy atom. The van der Waals surface area contributed by atoms with Crippen molar-refractivity contribution in [2.75, 3.05) is 13.1 Å². The van der Waals surface area contributed by atoms with Crippen LogP contribution in [-0.2, 0) is 9.59 Å². The molecular weight excluding hydrogens is 156 g/mol. The third-order valence-electron chi connectivity index (χ3n) is 1.42. The van der Waals surface area contributed by atoms with E-state index in [9.17, 15) is 9.59 Å². The summed E-state index contributed by atoms with van der Waals surface area (Å²) in [5, 5.41) is 0. The van der Waals surface area contributed by atoms with E-state index in [1.807, 2.05) is 0 Å². The SMILES string of the molecule is C=CCN(CCC(N)=O)C(C)=O. The number of carbonyl (C=O) groups is 2. The highest BCUT2D eigenvalue weighted by Crippen LogP contribution is 1.92. The third-order valence-corrected chi connectivity index (χ3v) is 1.42. The van der Waals surface area contributed by atoms with Crippen LogP contribution in [0.3, 0.4) is 0 Å². The van der Waals surface area contributed by atoms with Gasteiger partial charge in [-0.3, -0.25) is 9.59 Å². The van der Waals surface area contributed by atoms with E-state index in [0.29, 0.717) is 13.1 Å². The minimum absolute atomic E-state index is 0.0730. The number of nitrogens with two attached hydrogens (primary N) is 1. The first-order chi connectivity index (χ1) is 5.57. The van der Waals surface area contributed by atoms with Crippen LogP contribution in [0.25, 0.3) is 0 Å². The van der Waals surface area contributed by atoms with E-state index in [1.54, 1.807) is 6.08 Å². The molecule has 0 saturated carbocycles. The van der Waals surface area contributed by atoms with Gasteiger partial charge in [0, 0.05) is 26.4 Å². The van der Waals surface area contributed by atoms with E-state index in [2.05, 4.69) is 6.58 Å². The fourth-order valence-electron chi connectivity index (χ4n) is 0.778. The van der Waals surface area contributed by atoms with Gasteiger partial charge in [0.25, 0.3) is 0 Å². The van der Waals surface area contributed by atoms with Crippen molar-refractivity contribution < 1.29 is 9.59 Å². The van der Waals surface area contributed by atoms with Crippen LogP contribution in [0.2, 0.25) is 0 Å². The first-order valence-electron chi connectivity index (χ1n) is 3.72. The predicted molar refractivity (Wildman–Crippen MR) is 46.3 cm³/mol. The van der Waals surface area contributed by atoms with Gasteiger partial charge in [0.05, 0.1) is 0 Å². The Morgan fingerprint density at radius 2 is 2.17 bits per heavy atom. The highest BCUT2D eigenvalue weighted by molar-refractivity contribution is 5.76. The van der Waals surface area contributed by atoms with E-state index in [-0.39, 0.29) is 12.3 Å². The van der Waals surface area contributed by atoms with Crippen LogP contribution in [0.5, 0.6) is 0 Å². The fraction of sp³-hybridized carbons (Fsp3) is 0.500. The van der Waals surface area contributed by atoms with E-state index in [0.717, 1.165) is 0 Å². The number of carbonyl (C=O) groups excluding carboxylic acids is 2. The van der Waals surface area contributed by atoms with Gasteiger partial charge >= 0.3 is 0 Å². The van der Waals surface area contributed by atoms with Crippen LogP contribution in [0.1, 0.15) is 13.3 Å². The highest BCUT2D eigenvalue weighted by Gasteiger charge is 2.06. The van der Waals surface area contributed by atoms with Gasteiger partial charge in [-0.2, -0.15) is 0 Å². The smallest absolute Gasteiger partial charge is 0.219 e. The lowest BCUT2D eigenvalue weighted by Crippen LogP contribution is -2.32. The summed E-state index contributed by atoms with van der Waals surface area (Å²) in [5.41, 5.74) is 4.93. The second-order valence-electron chi connectivity index (χ2n) is 2.47. The van der Waals surface area contributed by atoms with E-state index >= 15 is 0 Å². The standard InChI is InChI=1S/C8H14N2O2/c1-3-5-10(7(2)11)6-4-8(9)12/h3H,1,4-6H2,2H3,(H2,9,12). The van der Waals surface area contributed by atoms with Crippen LogP contribution in [0.15, 0.2) is 12.7 Å². The van der Waals surface area contributed by atoms with Crippen LogP contribution >= 0.6 is 0 Å². The van der Waals surface area contributed by atoms with Crippen molar-refractivity contribution in [1.82, 2.24) is 4.90 Å². The molecule has 0 aliphatic carbocycles. The number of amides is 2. The molecule has 4 nitrogen and oxygen atoms in total. The number of nitrogens with zero attached hydrogens (tertiary/aromatic N) is 1. The van der Waals surface area contributed by atoms with Crippen LogP contribution in [0, 0.1) is 0 Å². The zero-order chi connectivity index (χ0) is 9.56. The minimum Gasteiger partial charge on any atom is -0.370 e. The molecule has 0 rings (SSSR count). The summed E-state index contributed by atoms with van der Waals surface area (Å²) in [6, 6.07) is 0. The molecule has 12 heavy (non-hydrogen) atoms. The average Bonchev–Trinajstić information content (AvgIpc) is 1.96. The number of hydrogen-bond acceptors (Lipinski definition) is 2. The summed E-state index contributed by atoms with van der Waals surface area (Å²) < 4.78 is 0. The van der Waals surface area contributed by atoms with Crippen LogP contribution in [0.4, 0.5) is 0 Å². The van der Waals surface area contributed by atoms with Crippen molar-refractivity contribution in [1.29, 1.82) is 0 Å². The highest BCUT2D eigenvalue weighted by atomic mass is 16.2. The van der Waals surface area contributed by atoms with Gasteiger partial charge in [-0.1, -0.05) is 6.08 Å². The molecule has 0 atom stereocenters. The van der Waals surface area contributed by atoms with E-state index < -0.39 is 5.91 Å². The quantitative estimate of drug-likeness (QED) is 0.585. The second-order valence-corrected chi connectivity index (χ2v) is 2.47. The summed E-state index contributed by atoms with van der Waals surface area (Å²) in [6.45, 7) is 5.78. The number of rotatable bonds is 5. The lowest BCUT2D eigenvalue weighted by atomic mass is 10.3. The van der Waals surface area contributed by atoms with Gasteiger partial charge in [-0.05, 0) is 0 Å². The van der Waals surface area contributed by atoms with Gasteiger partial charge in [0.1, 0.15) is 0 Å². The molecule has 68 valence electrons. The Bertz CT molecular complexity index is 189. The first kappa shape index (κ1) is 10.7. The van der Waals surface area contributed by atoms with Crippen molar-refractivity contribution in [3.63, 3.8) is 0 Å². The molecule has 0 heterocycles. The Hall–Kier alpha value is -1.32. The van der Waals surface area contributed by atoms with Crippen LogP contribution < -0.4 is 5.73 Å². The normalized spacial score (nSPS) is 9.08. The summed E-state index contributed by atoms with van der Waals surface area (Å²) in [4.78, 5) is 22.8. The van der Waals surface area contributed by atoms with Gasteiger partial charge in [-0.25, -0.2) is 0 Å². The van der Waals surface area contributed by atoms with Gasteiger partial charge in [0.15, 0.2) is 0 Å². The summed E-state index contributed by atoms with van der Waals surface area (Å²) >= 11 is 0. The van der Waals surface area contributed by atoms with Crippen LogP contribution in [-0.4, -0.2) is 29.8 Å². The summed E-state index contributed by atoms with van der Waals surface area (Å²) in [6.07, 6.45) is 1.82. The molecule has 0 spiro atoms. The Kier molecular flexibility index (Phi) is 4.76. The summed E-state index contributed by atoms with van der Waals surface area (Å²) in [7, 11) is 0. The van der Waals surface area contributed by atoms with Crippen molar-refractivity contribution >= 4 is 11.8 Å². The van der Waals surface area contributed by atoms with Gasteiger partial charge in [-0.15, -0.1) is 6.58 Å². The molecule has 0 fully saturated rings. The molecular formula is C8H14N2O2. The molecule has 0 aliphatic rings. The van der Waals surface area contributed by atoms with Gasteiger partial charge in [0.2, 0.25) is 11.8 Å². The average molecular weight is 170 g/mol. The molecule has 0 radical (unpaired) electrons. The molecule has 0 saturated heterocycles. The molecule has 0 aromatic rings. The predicted octanol–water partition coefficient (Wildman–Crippen LogP) is -0.104. The third kappa shape index (κ3) is 4.49. The number of primary amides is 1. The number of hydrogen-bond donors (Lipinski definition) is 1. The molecule has 2 amide bonds. The molecule has 0 aromatic carbocycles. The molecule has 2 N–H and O–H groups in total. The maximum absolute atomic E-state index is 10.9. The zero-order valence-electron chi connectivity index (χ0n) is 7.25. The molecule has 0 unspecified atom stereocenters. The summed E-state index contributed by atoms with van der Waals surface area (Å²) in [5.74, 6) is -0.471. The van der Waals surface area contributed by atoms with Crippen molar-refractivity contribution in [2.45, 2.75) is 13.3 Å². The second kappa shape index (κ2) is 5.35. The molecule has 0 aromatic heterocycles. The Morgan fingerprint density at radius 3 is 2.50 bits per heavy atom. The Labute approximate surface area is 72.0 Å². The lowest BCUT2D eigenvalue weighted by Gasteiger charge is -2.17. The minimum atomic E-state index is -0.398. The Balaban J connectivity index is 3.86.